The van der Waals surface area contributed by atoms with Crippen molar-refractivity contribution in [3.8, 4) is 0 Å². The van der Waals surface area contributed by atoms with Gasteiger partial charge in [0, 0.05) is 42.8 Å². The fourth-order valence-electron chi connectivity index (χ4n) is 4.77. The number of ether oxygens (including phenoxy) is 1. The summed E-state index contributed by atoms with van der Waals surface area (Å²) in [4.78, 5) is 21.9. The number of piperidine rings is 1. The highest BCUT2D eigenvalue weighted by atomic mass is 16.5. The van der Waals surface area contributed by atoms with Crippen molar-refractivity contribution >= 4 is 23.2 Å². The smallest absolute Gasteiger partial charge is 0.357 e. The molecule has 0 bridgehead atoms. The first kappa shape index (κ1) is 27.4. The SMILES string of the molecule is C=C(CCC(C)(C)C)N1CCC(c2cc(C(=O)OCC)nc(N(C)c3ccccc3)c2C(C)=N)CC1. The van der Waals surface area contributed by atoms with Crippen LogP contribution in [0.2, 0.25) is 0 Å². The number of allylic oxidation sites excluding steroid dienone is 1. The Bertz CT molecular complexity index is 1080. The molecular weight excluding hydrogens is 448 g/mol. The molecule has 0 atom stereocenters. The monoisotopic (exact) mass is 490 g/mol. The third-order valence-corrected chi connectivity index (χ3v) is 6.90. The van der Waals surface area contributed by atoms with Crippen LogP contribution in [0.4, 0.5) is 11.5 Å². The third kappa shape index (κ3) is 6.74. The van der Waals surface area contributed by atoms with E-state index in [1.165, 1.54) is 5.70 Å². The average molecular weight is 491 g/mol. The van der Waals surface area contributed by atoms with E-state index in [1.54, 1.807) is 13.8 Å². The number of nitrogens with one attached hydrogen (secondary N) is 1. The van der Waals surface area contributed by atoms with Gasteiger partial charge < -0.3 is 19.9 Å². The maximum absolute atomic E-state index is 12.8. The molecule has 1 N–H and O–H groups in total. The predicted octanol–water partition coefficient (Wildman–Crippen LogP) is 6.93. The van der Waals surface area contributed by atoms with Gasteiger partial charge in [-0.15, -0.1) is 0 Å². The molecule has 1 aliphatic rings. The number of rotatable bonds is 9. The topological polar surface area (TPSA) is 69.5 Å². The number of esters is 1. The van der Waals surface area contributed by atoms with Gasteiger partial charge in [-0.05, 0) is 74.6 Å². The van der Waals surface area contributed by atoms with Crippen LogP contribution < -0.4 is 4.90 Å². The number of anilines is 2. The molecule has 3 rings (SSSR count). The van der Waals surface area contributed by atoms with Gasteiger partial charge in [-0.3, -0.25) is 0 Å². The zero-order chi connectivity index (χ0) is 26.5. The fourth-order valence-corrected chi connectivity index (χ4v) is 4.77. The van der Waals surface area contributed by atoms with Crippen molar-refractivity contribution in [1.82, 2.24) is 9.88 Å². The van der Waals surface area contributed by atoms with E-state index in [0.29, 0.717) is 29.2 Å². The van der Waals surface area contributed by atoms with Crippen molar-refractivity contribution in [3.63, 3.8) is 0 Å². The normalized spacial score (nSPS) is 14.4. The minimum atomic E-state index is -0.427. The fraction of sp³-hybridized carbons (Fsp3) is 0.500. The van der Waals surface area contributed by atoms with E-state index < -0.39 is 5.97 Å². The number of carbonyl (C=O) groups excluding carboxylic acids is 1. The van der Waals surface area contributed by atoms with Crippen LogP contribution >= 0.6 is 0 Å². The van der Waals surface area contributed by atoms with Gasteiger partial charge in [0.05, 0.1) is 6.61 Å². The largest absolute Gasteiger partial charge is 0.461 e. The second-order valence-corrected chi connectivity index (χ2v) is 10.9. The van der Waals surface area contributed by atoms with Crippen LogP contribution in [-0.2, 0) is 4.74 Å². The molecule has 0 spiro atoms. The maximum Gasteiger partial charge on any atom is 0.357 e. The zero-order valence-electron chi connectivity index (χ0n) is 22.9. The minimum absolute atomic E-state index is 0.228. The van der Waals surface area contributed by atoms with Crippen LogP contribution in [0.25, 0.3) is 0 Å². The van der Waals surface area contributed by atoms with Crippen molar-refractivity contribution in [2.24, 2.45) is 5.41 Å². The average Bonchev–Trinajstić information content (AvgIpc) is 2.86. The molecule has 1 aliphatic heterocycles. The molecule has 6 heteroatoms. The first-order chi connectivity index (χ1) is 17.0. The standard InChI is InChI=1S/C30H42N4O2/c1-8-36-29(35)26-20-25(23-15-18-34(19-16-23)21(2)14-17-30(4,5)6)27(22(3)31)28(32-26)33(7)24-12-10-9-11-13-24/h9-13,20,23,31H,2,8,14-19H2,1,3-7H3. The summed E-state index contributed by atoms with van der Waals surface area (Å²) in [6.07, 6.45) is 4.00. The minimum Gasteiger partial charge on any atom is -0.461 e. The molecular formula is C30H42N4O2. The number of nitrogens with zero attached hydrogens (tertiary/aromatic N) is 3. The van der Waals surface area contributed by atoms with Crippen molar-refractivity contribution in [1.29, 1.82) is 5.41 Å². The van der Waals surface area contributed by atoms with E-state index in [2.05, 4.69) is 32.3 Å². The van der Waals surface area contributed by atoms with Crippen molar-refractivity contribution in [3.05, 3.63) is 65.5 Å². The van der Waals surface area contributed by atoms with Crippen LogP contribution in [0.1, 0.15) is 87.8 Å². The Morgan fingerprint density at radius 2 is 1.86 bits per heavy atom. The lowest BCUT2D eigenvalue weighted by Crippen LogP contribution is -2.33. The number of hydrogen-bond donors (Lipinski definition) is 1. The van der Waals surface area contributed by atoms with Crippen LogP contribution in [0.5, 0.6) is 0 Å². The number of para-hydroxylation sites is 1. The lowest BCUT2D eigenvalue weighted by molar-refractivity contribution is 0.0519. The molecule has 0 amide bonds. The number of pyridine rings is 1. The molecule has 0 radical (unpaired) electrons. The Balaban J connectivity index is 1.95. The highest BCUT2D eigenvalue weighted by Crippen LogP contribution is 2.38. The van der Waals surface area contributed by atoms with Gasteiger partial charge in [-0.25, -0.2) is 9.78 Å². The first-order valence-electron chi connectivity index (χ1n) is 13.0. The summed E-state index contributed by atoms with van der Waals surface area (Å²) >= 11 is 0. The Morgan fingerprint density at radius 3 is 2.42 bits per heavy atom. The van der Waals surface area contributed by atoms with Gasteiger partial charge in [-0.2, -0.15) is 0 Å². The molecule has 36 heavy (non-hydrogen) atoms. The van der Waals surface area contributed by atoms with Crippen LogP contribution in [0.3, 0.4) is 0 Å². The molecule has 2 aromatic rings. The van der Waals surface area contributed by atoms with E-state index in [1.807, 2.05) is 48.3 Å². The Hall–Kier alpha value is -3.15. The van der Waals surface area contributed by atoms with E-state index in [4.69, 9.17) is 15.1 Å². The second-order valence-electron chi connectivity index (χ2n) is 10.9. The molecule has 2 heterocycles. The summed E-state index contributed by atoms with van der Waals surface area (Å²) in [6.45, 7) is 16.9. The van der Waals surface area contributed by atoms with Gasteiger partial charge >= 0.3 is 5.97 Å². The Labute approximate surface area is 216 Å². The van der Waals surface area contributed by atoms with Gasteiger partial charge in [0.25, 0.3) is 0 Å². The predicted molar refractivity (Wildman–Crippen MR) is 149 cm³/mol. The van der Waals surface area contributed by atoms with E-state index in [-0.39, 0.29) is 5.92 Å². The lowest BCUT2D eigenvalue weighted by Gasteiger charge is -2.37. The van der Waals surface area contributed by atoms with Gasteiger partial charge in [0.15, 0.2) is 5.69 Å². The summed E-state index contributed by atoms with van der Waals surface area (Å²) in [5, 5.41) is 8.66. The lowest BCUT2D eigenvalue weighted by atomic mass is 9.84. The Kier molecular flexibility index (Phi) is 8.93. The summed E-state index contributed by atoms with van der Waals surface area (Å²) in [6, 6.07) is 11.8. The van der Waals surface area contributed by atoms with Gasteiger partial charge in [0.1, 0.15) is 5.82 Å². The number of hydrogen-bond acceptors (Lipinski definition) is 6. The Morgan fingerprint density at radius 1 is 1.22 bits per heavy atom. The summed E-state index contributed by atoms with van der Waals surface area (Å²) in [7, 11) is 1.94. The number of benzene rings is 1. The highest BCUT2D eigenvalue weighted by molar-refractivity contribution is 6.04. The van der Waals surface area contributed by atoms with Crippen molar-refractivity contribution in [2.45, 2.75) is 66.2 Å². The number of carbonyl (C=O) groups is 1. The summed E-state index contributed by atoms with van der Waals surface area (Å²) in [5.41, 5.74) is 5.01. The van der Waals surface area contributed by atoms with Crippen LogP contribution in [0, 0.1) is 10.8 Å². The van der Waals surface area contributed by atoms with E-state index in [9.17, 15) is 4.79 Å². The van der Waals surface area contributed by atoms with Crippen LogP contribution in [-0.4, -0.2) is 48.3 Å². The highest BCUT2D eigenvalue weighted by Gasteiger charge is 2.29. The van der Waals surface area contributed by atoms with E-state index >= 15 is 0 Å². The van der Waals surface area contributed by atoms with Gasteiger partial charge in [-0.1, -0.05) is 45.5 Å². The second kappa shape index (κ2) is 11.7. The number of aromatic nitrogens is 1. The molecule has 1 fully saturated rings. The molecule has 6 nitrogen and oxygen atoms in total. The van der Waals surface area contributed by atoms with E-state index in [0.717, 1.165) is 55.6 Å². The molecule has 1 saturated heterocycles. The molecule has 1 aromatic carbocycles. The third-order valence-electron chi connectivity index (χ3n) is 6.90. The molecule has 0 unspecified atom stereocenters. The zero-order valence-corrected chi connectivity index (χ0v) is 22.9. The summed E-state index contributed by atoms with van der Waals surface area (Å²) < 4.78 is 5.32. The quantitative estimate of drug-likeness (QED) is 0.305. The maximum atomic E-state index is 12.8. The summed E-state index contributed by atoms with van der Waals surface area (Å²) in [5.74, 6) is 0.418. The van der Waals surface area contributed by atoms with Gasteiger partial charge in [0.2, 0.25) is 0 Å². The molecule has 194 valence electrons. The first-order valence-corrected chi connectivity index (χ1v) is 13.0. The van der Waals surface area contributed by atoms with Crippen LogP contribution in [0.15, 0.2) is 48.7 Å². The number of likely N-dealkylation sites (tertiary alicyclic amines) is 1. The molecule has 0 saturated carbocycles. The molecule has 0 aliphatic carbocycles. The van der Waals surface area contributed by atoms with Crippen molar-refractivity contribution in [2.75, 3.05) is 31.6 Å². The van der Waals surface area contributed by atoms with Crippen molar-refractivity contribution < 1.29 is 9.53 Å². The molecule has 1 aromatic heterocycles.